The number of amides is 3. The second-order valence-electron chi connectivity index (χ2n) is 9.62. The summed E-state index contributed by atoms with van der Waals surface area (Å²) in [5, 5.41) is 3.55. The lowest BCUT2D eigenvalue weighted by molar-refractivity contribution is -0.119. The molecule has 5 rings (SSSR count). The van der Waals surface area contributed by atoms with Crippen molar-refractivity contribution in [2.45, 2.75) is 25.4 Å². The third kappa shape index (κ3) is 4.55. The first-order valence-electron chi connectivity index (χ1n) is 12.8. The molecule has 2 aliphatic heterocycles. The largest absolute Gasteiger partial charge is 0.497 e. The Morgan fingerprint density at radius 2 is 1.48 bits per heavy atom. The molecule has 0 aromatic heterocycles. The molecule has 2 heterocycles. The smallest absolute Gasteiger partial charge is 0.262 e. The van der Waals surface area contributed by atoms with Gasteiger partial charge >= 0.3 is 0 Å². The van der Waals surface area contributed by atoms with Gasteiger partial charge in [-0.3, -0.25) is 19.3 Å². The van der Waals surface area contributed by atoms with E-state index in [1.165, 1.54) is 7.11 Å². The van der Waals surface area contributed by atoms with Gasteiger partial charge in [0.25, 0.3) is 11.8 Å². The van der Waals surface area contributed by atoms with Gasteiger partial charge in [0.05, 0.1) is 57.0 Å². The zero-order valence-corrected chi connectivity index (χ0v) is 23.0. The minimum absolute atomic E-state index is 0.250. The van der Waals surface area contributed by atoms with Crippen molar-refractivity contribution < 1.29 is 33.3 Å². The van der Waals surface area contributed by atoms with Gasteiger partial charge in [-0.25, -0.2) is 0 Å². The molecule has 0 bridgehead atoms. The summed E-state index contributed by atoms with van der Waals surface area (Å²) in [4.78, 5) is 42.4. The van der Waals surface area contributed by atoms with Crippen LogP contribution >= 0.6 is 0 Å². The molecule has 40 heavy (non-hydrogen) atoms. The minimum atomic E-state index is -0.480. The molecule has 10 heteroatoms. The third-order valence-electron chi connectivity index (χ3n) is 7.35. The standard InChI is InChI=1S/C30H31N3O7/c1-17-12-24(31-23-11-10-18(37-2)14-25(23)39-4)22-13-19(38-3)15-26(40-5)28(22)33(17)27(34)16-32-29(35)20-8-6-7-9-21(20)30(32)36/h6-11,13-15,17,24,31H,12,16H2,1-5H3/t17-,24-/m0/s1. The Morgan fingerprint density at radius 1 is 0.850 bits per heavy atom. The lowest BCUT2D eigenvalue weighted by atomic mass is 9.90. The average Bonchev–Trinajstić information content (AvgIpc) is 3.21. The van der Waals surface area contributed by atoms with Crippen LogP contribution in [0.2, 0.25) is 0 Å². The van der Waals surface area contributed by atoms with E-state index in [4.69, 9.17) is 18.9 Å². The van der Waals surface area contributed by atoms with Crippen LogP contribution in [-0.2, 0) is 4.79 Å². The summed E-state index contributed by atoms with van der Waals surface area (Å²) >= 11 is 0. The molecule has 3 aromatic carbocycles. The number of rotatable bonds is 8. The summed E-state index contributed by atoms with van der Waals surface area (Å²) < 4.78 is 22.2. The first-order chi connectivity index (χ1) is 19.3. The number of hydrogen-bond acceptors (Lipinski definition) is 8. The molecule has 0 saturated carbocycles. The third-order valence-corrected chi connectivity index (χ3v) is 7.35. The Hall–Kier alpha value is -4.73. The van der Waals surface area contributed by atoms with Crippen LogP contribution in [-0.4, -0.2) is 63.6 Å². The summed E-state index contributed by atoms with van der Waals surface area (Å²) in [7, 11) is 6.26. The van der Waals surface area contributed by atoms with E-state index in [0.717, 1.165) is 16.2 Å². The van der Waals surface area contributed by atoms with Crippen molar-refractivity contribution in [2.75, 3.05) is 45.2 Å². The highest BCUT2D eigenvalue weighted by molar-refractivity contribution is 6.22. The van der Waals surface area contributed by atoms with E-state index in [2.05, 4.69) is 5.32 Å². The van der Waals surface area contributed by atoms with Crippen LogP contribution in [0.25, 0.3) is 0 Å². The Balaban J connectivity index is 1.52. The van der Waals surface area contributed by atoms with Gasteiger partial charge in [-0.1, -0.05) is 12.1 Å². The monoisotopic (exact) mass is 545 g/mol. The average molecular weight is 546 g/mol. The maximum absolute atomic E-state index is 13.9. The van der Waals surface area contributed by atoms with Gasteiger partial charge in [-0.2, -0.15) is 0 Å². The second kappa shape index (κ2) is 10.8. The summed E-state index contributed by atoms with van der Waals surface area (Å²) in [6.45, 7) is 1.53. The van der Waals surface area contributed by atoms with Gasteiger partial charge in [-0.05, 0) is 43.7 Å². The van der Waals surface area contributed by atoms with Crippen molar-refractivity contribution in [1.29, 1.82) is 0 Å². The lowest BCUT2D eigenvalue weighted by Gasteiger charge is -2.41. The van der Waals surface area contributed by atoms with E-state index in [1.807, 2.05) is 25.1 Å². The van der Waals surface area contributed by atoms with Crippen molar-refractivity contribution in [1.82, 2.24) is 4.90 Å². The van der Waals surface area contributed by atoms with Crippen LogP contribution in [0, 0.1) is 0 Å². The molecule has 2 aliphatic rings. The predicted octanol–water partition coefficient (Wildman–Crippen LogP) is 4.30. The first kappa shape index (κ1) is 26.9. The van der Waals surface area contributed by atoms with E-state index in [0.29, 0.717) is 46.2 Å². The Labute approximate surface area is 232 Å². The van der Waals surface area contributed by atoms with E-state index in [9.17, 15) is 14.4 Å². The summed E-state index contributed by atoms with van der Waals surface area (Å²) in [6, 6.07) is 15.1. The number of hydrogen-bond donors (Lipinski definition) is 1. The van der Waals surface area contributed by atoms with Gasteiger partial charge in [0.15, 0.2) is 0 Å². The molecule has 208 valence electrons. The Bertz CT molecular complexity index is 1450. The fraction of sp³-hybridized carbons (Fsp3) is 0.300. The van der Waals surface area contributed by atoms with Crippen LogP contribution in [0.1, 0.15) is 45.7 Å². The van der Waals surface area contributed by atoms with Gasteiger partial charge < -0.3 is 29.2 Å². The summed E-state index contributed by atoms with van der Waals surface area (Å²) in [5.41, 5.74) is 2.66. The molecule has 3 aromatic rings. The quantitative estimate of drug-likeness (QED) is 0.418. The zero-order chi connectivity index (χ0) is 28.6. The highest BCUT2D eigenvalue weighted by atomic mass is 16.5. The van der Waals surface area contributed by atoms with Gasteiger partial charge in [0.1, 0.15) is 29.5 Å². The van der Waals surface area contributed by atoms with Crippen LogP contribution in [0.3, 0.4) is 0 Å². The fourth-order valence-electron chi connectivity index (χ4n) is 5.40. The SMILES string of the molecule is COc1ccc(N[C@H]2C[C@H](C)N(C(=O)CN3C(=O)c4ccccc4C3=O)c3c(OC)cc(OC)cc32)c(OC)c1. The maximum Gasteiger partial charge on any atom is 0.262 e. The van der Waals surface area contributed by atoms with Gasteiger partial charge in [-0.15, -0.1) is 0 Å². The number of methoxy groups -OCH3 is 4. The summed E-state index contributed by atoms with van der Waals surface area (Å²) in [6.07, 6.45) is 0.520. The normalized spacial score (nSPS) is 17.7. The number of nitrogens with zero attached hydrogens (tertiary/aromatic N) is 2. The van der Waals surface area contributed by atoms with Crippen LogP contribution in [0.4, 0.5) is 11.4 Å². The van der Waals surface area contributed by atoms with Gasteiger partial charge in [0.2, 0.25) is 5.91 Å². The molecule has 10 nitrogen and oxygen atoms in total. The van der Waals surface area contributed by atoms with Crippen molar-refractivity contribution >= 4 is 29.1 Å². The fourth-order valence-corrected chi connectivity index (χ4v) is 5.40. The lowest BCUT2D eigenvalue weighted by Crippen LogP contribution is -2.49. The molecular weight excluding hydrogens is 514 g/mol. The number of imide groups is 1. The van der Waals surface area contributed by atoms with Crippen LogP contribution in [0.5, 0.6) is 23.0 Å². The molecule has 3 amide bonds. The Kier molecular flexibility index (Phi) is 7.25. The van der Waals surface area contributed by atoms with E-state index in [1.54, 1.807) is 62.6 Å². The second-order valence-corrected chi connectivity index (χ2v) is 9.62. The van der Waals surface area contributed by atoms with Crippen LogP contribution in [0.15, 0.2) is 54.6 Å². The van der Waals surface area contributed by atoms with Crippen molar-refractivity contribution in [3.05, 3.63) is 71.3 Å². The molecule has 0 saturated heterocycles. The van der Waals surface area contributed by atoms with Crippen LogP contribution < -0.4 is 29.2 Å². The zero-order valence-electron chi connectivity index (χ0n) is 23.0. The van der Waals surface area contributed by atoms with Gasteiger partial charge in [0, 0.05) is 23.7 Å². The van der Waals surface area contributed by atoms with Crippen molar-refractivity contribution in [2.24, 2.45) is 0 Å². The number of anilines is 2. The molecule has 0 radical (unpaired) electrons. The minimum Gasteiger partial charge on any atom is -0.497 e. The highest BCUT2D eigenvalue weighted by Gasteiger charge is 2.41. The predicted molar refractivity (Wildman–Crippen MR) is 149 cm³/mol. The highest BCUT2D eigenvalue weighted by Crippen LogP contribution is 2.47. The topological polar surface area (TPSA) is 107 Å². The molecule has 2 atom stereocenters. The van der Waals surface area contributed by atoms with Crippen molar-refractivity contribution in [3.8, 4) is 23.0 Å². The van der Waals surface area contributed by atoms with Crippen molar-refractivity contribution in [3.63, 3.8) is 0 Å². The van der Waals surface area contributed by atoms with E-state index in [-0.39, 0.29) is 12.1 Å². The Morgan fingerprint density at radius 3 is 2.08 bits per heavy atom. The number of fused-ring (bicyclic) bond motifs is 2. The molecular formula is C30H31N3O7. The number of ether oxygens (including phenoxy) is 4. The molecule has 0 fully saturated rings. The van der Waals surface area contributed by atoms with E-state index < -0.39 is 24.3 Å². The molecule has 1 N–H and O–H groups in total. The summed E-state index contributed by atoms with van der Waals surface area (Å²) in [5.74, 6) is 0.905. The number of benzene rings is 3. The number of carbonyl (C=O) groups is 3. The molecule has 0 unspecified atom stereocenters. The molecule has 0 spiro atoms. The first-order valence-corrected chi connectivity index (χ1v) is 12.8. The van der Waals surface area contributed by atoms with E-state index >= 15 is 0 Å². The molecule has 0 aliphatic carbocycles. The number of carbonyl (C=O) groups excluding carboxylic acids is 3. The number of nitrogens with one attached hydrogen (secondary N) is 1. The maximum atomic E-state index is 13.9.